The Morgan fingerprint density at radius 3 is 2.91 bits per heavy atom. The lowest BCUT2D eigenvalue weighted by Crippen LogP contribution is -2.34. The zero-order chi connectivity index (χ0) is 16.8. The maximum atomic E-state index is 13.6. The summed E-state index contributed by atoms with van der Waals surface area (Å²) >= 11 is 0. The third kappa shape index (κ3) is 5.10. The first-order chi connectivity index (χ1) is 10.9. The molecule has 0 aliphatic carbocycles. The van der Waals surface area contributed by atoms with E-state index in [1.165, 1.54) is 0 Å². The number of carbonyl (C=O) groups is 1. The van der Waals surface area contributed by atoms with E-state index in [0.717, 1.165) is 11.8 Å². The van der Waals surface area contributed by atoms with Gasteiger partial charge in [-0.25, -0.2) is 14.2 Å². The molecule has 0 saturated heterocycles. The number of halogens is 1. The average Bonchev–Trinajstić information content (AvgIpc) is 2.47. The average molecular weight is 319 g/mol. The van der Waals surface area contributed by atoms with Crippen LogP contribution in [-0.2, 0) is 6.61 Å². The molecule has 0 unspecified atom stereocenters. The summed E-state index contributed by atoms with van der Waals surface area (Å²) in [4.78, 5) is 19.2. The number of hydrogen-bond donors (Lipinski definition) is 3. The predicted molar refractivity (Wildman–Crippen MR) is 84.5 cm³/mol. The fraction of sp³-hybridized carbons (Fsp3) is 0.267. The standard InChI is InChI=1S/C15H18FN5O2/c1-9(2)19-14(22)20-13-12(16)7-18-15(21-13)23-8-10-4-3-5-11(17)6-10/h3-7,9H,8,17H2,1-2H3,(H2,18,19,20,21,22). The molecule has 0 spiro atoms. The first-order valence-electron chi connectivity index (χ1n) is 7.01. The maximum Gasteiger partial charge on any atom is 0.320 e. The Balaban J connectivity index is 2.03. The van der Waals surface area contributed by atoms with Gasteiger partial charge in [-0.1, -0.05) is 12.1 Å². The van der Waals surface area contributed by atoms with Crippen LogP contribution in [0.15, 0.2) is 30.5 Å². The molecule has 0 atom stereocenters. The summed E-state index contributed by atoms with van der Waals surface area (Å²) in [5.41, 5.74) is 7.11. The molecule has 122 valence electrons. The van der Waals surface area contributed by atoms with Crippen LogP contribution in [0.3, 0.4) is 0 Å². The van der Waals surface area contributed by atoms with E-state index in [9.17, 15) is 9.18 Å². The van der Waals surface area contributed by atoms with Crippen LogP contribution in [0.25, 0.3) is 0 Å². The van der Waals surface area contributed by atoms with E-state index in [2.05, 4.69) is 20.6 Å². The maximum absolute atomic E-state index is 13.6. The topological polar surface area (TPSA) is 102 Å². The van der Waals surface area contributed by atoms with Crippen molar-refractivity contribution < 1.29 is 13.9 Å². The molecule has 23 heavy (non-hydrogen) atoms. The molecule has 2 rings (SSSR count). The number of hydrogen-bond acceptors (Lipinski definition) is 5. The van der Waals surface area contributed by atoms with Gasteiger partial charge < -0.3 is 15.8 Å². The van der Waals surface area contributed by atoms with Crippen molar-refractivity contribution in [1.29, 1.82) is 0 Å². The number of urea groups is 1. The van der Waals surface area contributed by atoms with Crippen LogP contribution >= 0.6 is 0 Å². The number of nitrogens with one attached hydrogen (secondary N) is 2. The minimum Gasteiger partial charge on any atom is -0.459 e. The molecule has 0 saturated carbocycles. The van der Waals surface area contributed by atoms with Crippen LogP contribution in [0.1, 0.15) is 19.4 Å². The molecule has 2 aromatic rings. The quantitative estimate of drug-likeness (QED) is 0.734. The van der Waals surface area contributed by atoms with Crippen LogP contribution < -0.4 is 21.1 Å². The van der Waals surface area contributed by atoms with Gasteiger partial charge in [-0.05, 0) is 31.5 Å². The van der Waals surface area contributed by atoms with Crippen LogP contribution in [0.4, 0.5) is 20.7 Å². The summed E-state index contributed by atoms with van der Waals surface area (Å²) in [6.07, 6.45) is 0.937. The Bertz CT molecular complexity index is 693. The number of anilines is 2. The third-order valence-corrected chi connectivity index (χ3v) is 2.69. The molecular weight excluding hydrogens is 301 g/mol. The largest absolute Gasteiger partial charge is 0.459 e. The number of carbonyl (C=O) groups excluding carboxylic acids is 1. The minimum absolute atomic E-state index is 0.0475. The van der Waals surface area contributed by atoms with Gasteiger partial charge in [0.25, 0.3) is 0 Å². The predicted octanol–water partition coefficient (Wildman–Crippen LogP) is 2.31. The fourth-order valence-corrected chi connectivity index (χ4v) is 1.74. The Kier molecular flexibility index (Phi) is 5.29. The van der Waals surface area contributed by atoms with E-state index in [0.29, 0.717) is 5.69 Å². The highest BCUT2D eigenvalue weighted by Crippen LogP contribution is 2.15. The minimum atomic E-state index is -0.750. The number of aromatic nitrogens is 2. The second-order valence-electron chi connectivity index (χ2n) is 5.14. The monoisotopic (exact) mass is 319 g/mol. The van der Waals surface area contributed by atoms with Crippen LogP contribution in [0.5, 0.6) is 6.01 Å². The lowest BCUT2D eigenvalue weighted by Gasteiger charge is -2.11. The molecule has 0 bridgehead atoms. The molecule has 0 fully saturated rings. The third-order valence-electron chi connectivity index (χ3n) is 2.69. The highest BCUT2D eigenvalue weighted by Gasteiger charge is 2.12. The van der Waals surface area contributed by atoms with E-state index in [4.69, 9.17) is 10.5 Å². The van der Waals surface area contributed by atoms with Crippen molar-refractivity contribution in [1.82, 2.24) is 15.3 Å². The van der Waals surface area contributed by atoms with Gasteiger partial charge in [0.2, 0.25) is 0 Å². The molecule has 1 aromatic heterocycles. The first kappa shape index (κ1) is 16.5. The molecule has 0 aliphatic rings. The lowest BCUT2D eigenvalue weighted by molar-refractivity contribution is 0.249. The Morgan fingerprint density at radius 2 is 2.22 bits per heavy atom. The Morgan fingerprint density at radius 1 is 1.43 bits per heavy atom. The number of rotatable bonds is 5. The molecule has 7 nitrogen and oxygen atoms in total. The van der Waals surface area contributed by atoms with Gasteiger partial charge in [0, 0.05) is 11.7 Å². The Labute approximate surface area is 133 Å². The van der Waals surface area contributed by atoms with Gasteiger partial charge in [0.1, 0.15) is 6.61 Å². The second-order valence-corrected chi connectivity index (χ2v) is 5.14. The van der Waals surface area contributed by atoms with Gasteiger partial charge in [0.15, 0.2) is 11.6 Å². The number of ether oxygens (including phenoxy) is 1. The van der Waals surface area contributed by atoms with Crippen LogP contribution in [-0.4, -0.2) is 22.0 Å². The summed E-state index contributed by atoms with van der Waals surface area (Å²) < 4.78 is 19.0. The van der Waals surface area contributed by atoms with E-state index < -0.39 is 11.8 Å². The van der Waals surface area contributed by atoms with Gasteiger partial charge >= 0.3 is 12.0 Å². The van der Waals surface area contributed by atoms with Gasteiger partial charge in [0.05, 0.1) is 6.20 Å². The van der Waals surface area contributed by atoms with Crippen molar-refractivity contribution >= 4 is 17.5 Å². The zero-order valence-corrected chi connectivity index (χ0v) is 12.8. The molecule has 0 aliphatic heterocycles. The van der Waals surface area contributed by atoms with E-state index >= 15 is 0 Å². The molecule has 0 radical (unpaired) electrons. The first-order valence-corrected chi connectivity index (χ1v) is 7.01. The number of nitrogens with zero attached hydrogens (tertiary/aromatic N) is 2. The highest BCUT2D eigenvalue weighted by atomic mass is 19.1. The van der Waals surface area contributed by atoms with Crippen molar-refractivity contribution in [2.24, 2.45) is 0 Å². The normalized spacial score (nSPS) is 10.4. The van der Waals surface area contributed by atoms with Gasteiger partial charge in [-0.15, -0.1) is 0 Å². The van der Waals surface area contributed by atoms with Crippen molar-refractivity contribution in [3.05, 3.63) is 41.8 Å². The SMILES string of the molecule is CC(C)NC(=O)Nc1nc(OCc2cccc(N)c2)ncc1F. The van der Waals surface area contributed by atoms with Gasteiger partial charge in [-0.2, -0.15) is 4.98 Å². The van der Waals surface area contributed by atoms with Crippen molar-refractivity contribution in [2.75, 3.05) is 11.1 Å². The van der Waals surface area contributed by atoms with Crippen molar-refractivity contribution in [3.8, 4) is 6.01 Å². The van der Waals surface area contributed by atoms with Gasteiger partial charge in [-0.3, -0.25) is 5.32 Å². The van der Waals surface area contributed by atoms with Crippen LogP contribution in [0.2, 0.25) is 0 Å². The Hall–Kier alpha value is -2.90. The molecule has 4 N–H and O–H groups in total. The number of nitrogen functional groups attached to an aromatic ring is 1. The summed E-state index contributed by atoms with van der Waals surface area (Å²) in [7, 11) is 0. The number of nitrogens with two attached hydrogens (primary N) is 1. The van der Waals surface area contributed by atoms with E-state index in [1.54, 1.807) is 32.0 Å². The summed E-state index contributed by atoms with van der Waals surface area (Å²) in [6, 6.07) is 6.44. The molecule has 8 heteroatoms. The summed E-state index contributed by atoms with van der Waals surface area (Å²) in [6.45, 7) is 3.75. The fourth-order valence-electron chi connectivity index (χ4n) is 1.74. The summed E-state index contributed by atoms with van der Waals surface area (Å²) in [5.74, 6) is -0.999. The van der Waals surface area contributed by atoms with E-state index in [1.807, 2.05) is 6.07 Å². The van der Waals surface area contributed by atoms with Crippen molar-refractivity contribution in [3.63, 3.8) is 0 Å². The second kappa shape index (κ2) is 7.39. The van der Waals surface area contributed by atoms with E-state index in [-0.39, 0.29) is 24.5 Å². The zero-order valence-electron chi connectivity index (χ0n) is 12.8. The molecule has 2 amide bonds. The smallest absolute Gasteiger partial charge is 0.320 e. The lowest BCUT2D eigenvalue weighted by atomic mass is 10.2. The highest BCUT2D eigenvalue weighted by molar-refractivity contribution is 5.88. The summed E-state index contributed by atoms with van der Waals surface area (Å²) in [5, 5.41) is 4.88. The number of benzene rings is 1. The number of amides is 2. The van der Waals surface area contributed by atoms with Crippen LogP contribution in [0, 0.1) is 5.82 Å². The molecule has 1 heterocycles. The van der Waals surface area contributed by atoms with Crippen molar-refractivity contribution in [2.45, 2.75) is 26.5 Å². The molecular formula is C15H18FN5O2. The molecule has 1 aromatic carbocycles.